The van der Waals surface area contributed by atoms with E-state index in [4.69, 9.17) is 5.84 Å². The quantitative estimate of drug-likeness (QED) is 0.344. The lowest BCUT2D eigenvalue weighted by atomic mass is 10.3. The minimum absolute atomic E-state index is 0.877. The fraction of sp³-hybridized carbons (Fsp3) is 0.250. The number of nitrogens with two attached hydrogens (primary N) is 1. The fourth-order valence-corrected chi connectivity index (χ4v) is 0.821. The maximum absolute atomic E-state index is 5.13. The molecule has 0 saturated carbocycles. The summed E-state index contributed by atoms with van der Waals surface area (Å²) in [7, 11) is 0. The van der Waals surface area contributed by atoms with Crippen LogP contribution in [0.5, 0.6) is 0 Å². The van der Waals surface area contributed by atoms with E-state index in [1.54, 1.807) is 0 Å². The van der Waals surface area contributed by atoms with Crippen LogP contribution in [0.3, 0.4) is 0 Å². The van der Waals surface area contributed by atoms with Crippen molar-refractivity contribution in [2.45, 2.75) is 18.7 Å². The SMILES string of the molecule is CC.NNc1cccc(S)c1. The Kier molecular flexibility index (Phi) is 5.70. The summed E-state index contributed by atoms with van der Waals surface area (Å²) in [6, 6.07) is 7.50. The third kappa shape index (κ3) is 3.91. The van der Waals surface area contributed by atoms with Crippen LogP contribution in [0, 0.1) is 0 Å². The summed E-state index contributed by atoms with van der Waals surface area (Å²) in [4.78, 5) is 0.908. The minimum atomic E-state index is 0.877. The van der Waals surface area contributed by atoms with Crippen LogP contribution in [-0.4, -0.2) is 0 Å². The topological polar surface area (TPSA) is 38.0 Å². The molecule has 3 N–H and O–H groups in total. The molecule has 0 atom stereocenters. The second-order valence-corrected chi connectivity index (χ2v) is 2.21. The highest BCUT2D eigenvalue weighted by Crippen LogP contribution is 2.11. The van der Waals surface area contributed by atoms with Gasteiger partial charge >= 0.3 is 0 Å². The van der Waals surface area contributed by atoms with E-state index in [1.807, 2.05) is 38.1 Å². The highest BCUT2D eigenvalue weighted by Gasteiger charge is 1.85. The molecule has 2 nitrogen and oxygen atoms in total. The van der Waals surface area contributed by atoms with Gasteiger partial charge in [-0.25, -0.2) is 0 Å². The lowest BCUT2D eigenvalue weighted by Crippen LogP contribution is -2.05. The Hall–Kier alpha value is -0.670. The number of hydrogen-bond donors (Lipinski definition) is 3. The summed E-state index contributed by atoms with van der Waals surface area (Å²) in [6.07, 6.45) is 0. The highest BCUT2D eigenvalue weighted by molar-refractivity contribution is 7.80. The summed E-state index contributed by atoms with van der Waals surface area (Å²) in [5.41, 5.74) is 3.40. The zero-order valence-corrected chi connectivity index (χ0v) is 7.73. The lowest BCUT2D eigenvalue weighted by molar-refractivity contribution is 1.32. The number of nitrogens with one attached hydrogen (secondary N) is 1. The van der Waals surface area contributed by atoms with Crippen LogP contribution in [-0.2, 0) is 0 Å². The molecule has 0 aliphatic rings. The maximum atomic E-state index is 5.13. The monoisotopic (exact) mass is 170 g/mol. The summed E-state index contributed by atoms with van der Waals surface area (Å²) in [6.45, 7) is 4.00. The van der Waals surface area contributed by atoms with Gasteiger partial charge in [-0.15, -0.1) is 12.6 Å². The van der Waals surface area contributed by atoms with Gasteiger partial charge in [-0.1, -0.05) is 19.9 Å². The molecule has 0 unspecified atom stereocenters. The average molecular weight is 170 g/mol. The molecule has 0 aromatic heterocycles. The molecule has 0 aliphatic carbocycles. The summed E-state index contributed by atoms with van der Waals surface area (Å²) in [5, 5.41) is 0. The zero-order valence-electron chi connectivity index (χ0n) is 6.83. The third-order valence-corrected chi connectivity index (χ3v) is 1.29. The summed E-state index contributed by atoms with van der Waals surface area (Å²) < 4.78 is 0. The molecule has 0 heterocycles. The van der Waals surface area contributed by atoms with Crippen molar-refractivity contribution in [3.63, 3.8) is 0 Å². The first-order valence-electron chi connectivity index (χ1n) is 3.58. The Bertz CT molecular complexity index is 201. The zero-order chi connectivity index (χ0) is 8.69. The fourth-order valence-electron chi connectivity index (χ4n) is 0.596. The summed E-state index contributed by atoms with van der Waals surface area (Å²) in [5.74, 6) is 5.13. The van der Waals surface area contributed by atoms with Crippen molar-refractivity contribution in [3.8, 4) is 0 Å². The van der Waals surface area contributed by atoms with Crippen molar-refractivity contribution >= 4 is 18.3 Å². The van der Waals surface area contributed by atoms with Crippen LogP contribution in [0.1, 0.15) is 13.8 Å². The van der Waals surface area contributed by atoms with Crippen LogP contribution < -0.4 is 11.3 Å². The van der Waals surface area contributed by atoms with Gasteiger partial charge in [-0.2, -0.15) is 0 Å². The number of anilines is 1. The number of thiol groups is 1. The standard InChI is InChI=1S/C6H8N2S.C2H6/c7-8-5-2-1-3-6(9)4-5;1-2/h1-4,8-9H,7H2;1-2H3. The molecule has 0 amide bonds. The molecule has 0 spiro atoms. The predicted molar refractivity (Wildman–Crippen MR) is 52.9 cm³/mol. The van der Waals surface area contributed by atoms with E-state index in [0.717, 1.165) is 10.6 Å². The van der Waals surface area contributed by atoms with Gasteiger partial charge in [0.25, 0.3) is 0 Å². The van der Waals surface area contributed by atoms with E-state index in [1.165, 1.54) is 0 Å². The molecule has 0 fully saturated rings. The van der Waals surface area contributed by atoms with E-state index in [-0.39, 0.29) is 0 Å². The van der Waals surface area contributed by atoms with Gasteiger partial charge in [0.05, 0.1) is 0 Å². The molecule has 0 saturated heterocycles. The Morgan fingerprint density at radius 1 is 1.36 bits per heavy atom. The molecule has 11 heavy (non-hydrogen) atoms. The van der Waals surface area contributed by atoms with Gasteiger partial charge < -0.3 is 5.43 Å². The van der Waals surface area contributed by atoms with Crippen molar-refractivity contribution in [2.24, 2.45) is 5.84 Å². The van der Waals surface area contributed by atoms with Crippen molar-refractivity contribution < 1.29 is 0 Å². The molecule has 1 aromatic rings. The van der Waals surface area contributed by atoms with E-state index < -0.39 is 0 Å². The molecular weight excluding hydrogens is 156 g/mol. The predicted octanol–water partition coefficient (Wildman–Crippen LogP) is 2.29. The Morgan fingerprint density at radius 2 is 2.00 bits per heavy atom. The van der Waals surface area contributed by atoms with Gasteiger partial charge in [0.2, 0.25) is 0 Å². The molecule has 0 radical (unpaired) electrons. The van der Waals surface area contributed by atoms with Crippen molar-refractivity contribution in [3.05, 3.63) is 24.3 Å². The lowest BCUT2D eigenvalue weighted by Gasteiger charge is -1.97. The molecular formula is C8H14N2S. The molecule has 1 aromatic carbocycles. The van der Waals surface area contributed by atoms with Crippen LogP contribution in [0.2, 0.25) is 0 Å². The van der Waals surface area contributed by atoms with Crippen molar-refractivity contribution in [1.29, 1.82) is 0 Å². The number of hydrazine groups is 1. The Balaban J connectivity index is 0.000000461. The smallest absolute Gasteiger partial charge is 0.0496 e. The molecule has 0 bridgehead atoms. The minimum Gasteiger partial charge on any atom is -0.324 e. The van der Waals surface area contributed by atoms with Crippen LogP contribution >= 0.6 is 12.6 Å². The first kappa shape index (κ1) is 10.3. The van der Waals surface area contributed by atoms with Crippen molar-refractivity contribution in [2.75, 3.05) is 5.43 Å². The van der Waals surface area contributed by atoms with Crippen LogP contribution in [0.4, 0.5) is 5.69 Å². The van der Waals surface area contributed by atoms with Crippen LogP contribution in [0.25, 0.3) is 0 Å². The van der Waals surface area contributed by atoms with Gasteiger partial charge in [0.15, 0.2) is 0 Å². The van der Waals surface area contributed by atoms with Gasteiger partial charge in [-0.05, 0) is 18.2 Å². The number of rotatable bonds is 1. The molecule has 0 aliphatic heterocycles. The Labute approximate surface area is 73.2 Å². The Morgan fingerprint density at radius 3 is 2.36 bits per heavy atom. The first-order chi connectivity index (χ1) is 5.33. The van der Waals surface area contributed by atoms with Gasteiger partial charge in [-0.3, -0.25) is 5.84 Å². The van der Waals surface area contributed by atoms with E-state index >= 15 is 0 Å². The normalized spacial score (nSPS) is 8.00. The second-order valence-electron chi connectivity index (χ2n) is 1.69. The number of benzene rings is 1. The van der Waals surface area contributed by atoms with Crippen molar-refractivity contribution in [1.82, 2.24) is 0 Å². The number of nitrogen functional groups attached to an aromatic ring is 1. The summed E-state index contributed by atoms with van der Waals surface area (Å²) >= 11 is 4.11. The number of hydrogen-bond acceptors (Lipinski definition) is 3. The average Bonchev–Trinajstić information content (AvgIpc) is 2.08. The van der Waals surface area contributed by atoms with E-state index in [2.05, 4.69) is 18.1 Å². The first-order valence-corrected chi connectivity index (χ1v) is 4.03. The van der Waals surface area contributed by atoms with Gasteiger partial charge in [0.1, 0.15) is 0 Å². The largest absolute Gasteiger partial charge is 0.324 e. The van der Waals surface area contributed by atoms with E-state index in [0.29, 0.717) is 0 Å². The third-order valence-electron chi connectivity index (χ3n) is 1.01. The van der Waals surface area contributed by atoms with E-state index in [9.17, 15) is 0 Å². The highest BCUT2D eigenvalue weighted by atomic mass is 32.1. The van der Waals surface area contributed by atoms with Gasteiger partial charge in [0, 0.05) is 10.6 Å². The second kappa shape index (κ2) is 6.07. The van der Waals surface area contributed by atoms with Crippen LogP contribution in [0.15, 0.2) is 29.2 Å². The molecule has 62 valence electrons. The molecule has 1 rings (SSSR count). The molecule has 3 heteroatoms. The maximum Gasteiger partial charge on any atom is 0.0496 e.